The van der Waals surface area contributed by atoms with E-state index in [2.05, 4.69) is 16.9 Å². The molecular formula is C20H25ClN2O2. The van der Waals surface area contributed by atoms with E-state index in [-0.39, 0.29) is 5.41 Å². The average Bonchev–Trinajstić information content (AvgIpc) is 2.59. The van der Waals surface area contributed by atoms with Crippen LogP contribution in [0, 0.1) is 5.41 Å². The van der Waals surface area contributed by atoms with Crippen LogP contribution < -0.4 is 4.74 Å². The topological polar surface area (TPSA) is 52.1 Å². The van der Waals surface area contributed by atoms with E-state index in [1.807, 2.05) is 45.3 Å². The molecule has 0 radical (unpaired) electrons. The first-order valence-corrected chi connectivity index (χ1v) is 9.02. The highest BCUT2D eigenvalue weighted by atomic mass is 35.5. The largest absolute Gasteiger partial charge is 0.425 e. The molecule has 0 fully saturated rings. The zero-order valence-electron chi connectivity index (χ0n) is 15.3. The van der Waals surface area contributed by atoms with Gasteiger partial charge in [0.2, 0.25) is 0 Å². The highest BCUT2D eigenvalue weighted by molar-refractivity contribution is 6.30. The van der Waals surface area contributed by atoms with Gasteiger partial charge in [-0.2, -0.15) is 0 Å². The van der Waals surface area contributed by atoms with E-state index in [4.69, 9.17) is 16.3 Å². The van der Waals surface area contributed by atoms with E-state index >= 15 is 0 Å². The molecule has 0 aliphatic rings. The van der Waals surface area contributed by atoms with Crippen LogP contribution in [0.15, 0.2) is 36.7 Å². The first-order chi connectivity index (χ1) is 11.8. The maximum absolute atomic E-state index is 12.1. The Hall–Kier alpha value is -1.94. The van der Waals surface area contributed by atoms with Crippen molar-refractivity contribution >= 4 is 17.6 Å². The van der Waals surface area contributed by atoms with Crippen molar-refractivity contribution in [2.45, 2.75) is 52.3 Å². The Morgan fingerprint density at radius 3 is 2.28 bits per heavy atom. The fraction of sp³-hybridized carbons (Fsp3) is 0.450. The van der Waals surface area contributed by atoms with Crippen LogP contribution in [0.2, 0.25) is 0 Å². The lowest BCUT2D eigenvalue weighted by Crippen LogP contribution is -2.32. The summed E-state index contributed by atoms with van der Waals surface area (Å²) in [5, 5.41) is -0.703. The number of alkyl halides is 1. The number of halogens is 1. The molecule has 134 valence electrons. The zero-order valence-corrected chi connectivity index (χ0v) is 16.0. The maximum Gasteiger partial charge on any atom is 0.329 e. The van der Waals surface area contributed by atoms with E-state index in [1.165, 1.54) is 0 Å². The zero-order chi connectivity index (χ0) is 18.4. The Bertz CT molecular complexity index is 691. The Morgan fingerprint density at radius 1 is 1.16 bits per heavy atom. The number of ether oxygens (including phenoxy) is 1. The molecule has 1 aromatic heterocycles. The molecule has 2 aromatic rings. The smallest absolute Gasteiger partial charge is 0.329 e. The lowest BCUT2D eigenvalue weighted by atomic mass is 9.92. The number of carbonyl (C=O) groups is 1. The van der Waals surface area contributed by atoms with E-state index in [1.54, 1.807) is 12.1 Å². The predicted molar refractivity (Wildman–Crippen MR) is 101 cm³/mol. The van der Waals surface area contributed by atoms with Crippen molar-refractivity contribution in [3.8, 4) is 17.1 Å². The third-order valence-electron chi connectivity index (χ3n) is 3.82. The molecule has 2 rings (SSSR count). The Morgan fingerprint density at radius 2 is 1.76 bits per heavy atom. The number of esters is 1. The summed E-state index contributed by atoms with van der Waals surface area (Å²) < 4.78 is 5.35. The van der Waals surface area contributed by atoms with E-state index in [0.29, 0.717) is 11.6 Å². The molecule has 0 N–H and O–H groups in total. The fourth-order valence-corrected chi connectivity index (χ4v) is 2.25. The van der Waals surface area contributed by atoms with Crippen LogP contribution in [0.25, 0.3) is 11.4 Å². The van der Waals surface area contributed by atoms with Crippen LogP contribution in [-0.4, -0.2) is 21.3 Å². The van der Waals surface area contributed by atoms with Gasteiger partial charge in [0, 0.05) is 18.0 Å². The summed E-state index contributed by atoms with van der Waals surface area (Å²) in [6.07, 6.45) is 7.03. The third kappa shape index (κ3) is 5.53. The molecule has 1 heterocycles. The first kappa shape index (κ1) is 19.4. The maximum atomic E-state index is 12.1. The van der Waals surface area contributed by atoms with Gasteiger partial charge in [0.05, 0.1) is 0 Å². The van der Waals surface area contributed by atoms with Gasteiger partial charge < -0.3 is 4.74 Å². The van der Waals surface area contributed by atoms with Crippen molar-refractivity contribution < 1.29 is 9.53 Å². The molecule has 0 amide bonds. The Kier molecular flexibility index (Phi) is 6.54. The molecule has 0 aliphatic heterocycles. The molecule has 0 saturated heterocycles. The number of nitrogens with zero attached hydrogens (tertiary/aromatic N) is 2. The monoisotopic (exact) mass is 360 g/mol. The van der Waals surface area contributed by atoms with Crippen LogP contribution in [0.1, 0.15) is 46.1 Å². The third-order valence-corrected chi connectivity index (χ3v) is 4.66. The van der Waals surface area contributed by atoms with Gasteiger partial charge >= 0.3 is 5.97 Å². The predicted octanol–water partition coefficient (Wildman–Crippen LogP) is 5.05. The number of aryl methyl sites for hydroxylation is 1. The van der Waals surface area contributed by atoms with Crippen LogP contribution in [0.4, 0.5) is 0 Å². The van der Waals surface area contributed by atoms with Gasteiger partial charge in [-0.15, -0.1) is 11.6 Å². The summed E-state index contributed by atoms with van der Waals surface area (Å²) in [5.41, 5.74) is 1.66. The molecule has 0 saturated carbocycles. The highest BCUT2D eigenvalue weighted by Gasteiger charge is 2.30. The first-order valence-electron chi connectivity index (χ1n) is 8.58. The number of rotatable bonds is 6. The summed E-state index contributed by atoms with van der Waals surface area (Å²) >= 11 is 6.14. The SMILES string of the molecule is CCCCc1cnc(-c2ccc(OC(=O)C(Cl)C(C)(C)C)cc2)nc1. The van der Waals surface area contributed by atoms with Gasteiger partial charge in [0.15, 0.2) is 5.82 Å². The number of aromatic nitrogens is 2. The summed E-state index contributed by atoms with van der Waals surface area (Å²) in [6, 6.07) is 7.13. The number of hydrogen-bond acceptors (Lipinski definition) is 4. The van der Waals surface area contributed by atoms with E-state index < -0.39 is 11.3 Å². The number of hydrogen-bond donors (Lipinski definition) is 0. The van der Waals surface area contributed by atoms with Gasteiger partial charge in [0.25, 0.3) is 0 Å². The molecule has 1 aromatic carbocycles. The second-order valence-electron chi connectivity index (χ2n) is 7.19. The lowest BCUT2D eigenvalue weighted by Gasteiger charge is -2.23. The molecule has 1 atom stereocenters. The molecule has 0 bridgehead atoms. The number of carbonyl (C=O) groups excluding carboxylic acids is 1. The van der Waals surface area contributed by atoms with E-state index in [9.17, 15) is 4.79 Å². The summed E-state index contributed by atoms with van der Waals surface area (Å²) in [6.45, 7) is 7.86. The normalized spacial score (nSPS) is 12.7. The van der Waals surface area contributed by atoms with Crippen molar-refractivity contribution in [2.75, 3.05) is 0 Å². The molecule has 0 spiro atoms. The van der Waals surface area contributed by atoms with Crippen molar-refractivity contribution in [2.24, 2.45) is 5.41 Å². The van der Waals surface area contributed by atoms with Gasteiger partial charge in [-0.05, 0) is 48.1 Å². The molecule has 1 unspecified atom stereocenters. The molecule has 4 nitrogen and oxygen atoms in total. The summed E-state index contributed by atoms with van der Waals surface area (Å²) in [7, 11) is 0. The van der Waals surface area contributed by atoms with Crippen LogP contribution in [-0.2, 0) is 11.2 Å². The quantitative estimate of drug-likeness (QED) is 0.411. The summed E-state index contributed by atoms with van der Waals surface area (Å²) in [4.78, 5) is 20.9. The molecule has 0 aliphatic carbocycles. The van der Waals surface area contributed by atoms with Crippen molar-refractivity contribution in [3.63, 3.8) is 0 Å². The van der Waals surface area contributed by atoms with Gasteiger partial charge in [-0.3, -0.25) is 4.79 Å². The minimum Gasteiger partial charge on any atom is -0.425 e. The summed E-state index contributed by atoms with van der Waals surface area (Å²) in [5.74, 6) is 0.671. The second-order valence-corrected chi connectivity index (χ2v) is 7.63. The lowest BCUT2D eigenvalue weighted by molar-refractivity contribution is -0.135. The second kappa shape index (κ2) is 8.43. The average molecular weight is 361 g/mol. The number of unbranched alkanes of at least 4 members (excludes halogenated alkanes) is 1. The standard InChI is InChI=1S/C20H25ClN2O2/c1-5-6-7-14-12-22-18(23-13-14)15-8-10-16(11-9-15)25-19(24)17(21)20(2,3)4/h8-13,17H,5-7H2,1-4H3. The minimum absolute atomic E-state index is 0.355. The van der Waals surface area contributed by atoms with Gasteiger partial charge in [-0.1, -0.05) is 34.1 Å². The molecule has 25 heavy (non-hydrogen) atoms. The highest BCUT2D eigenvalue weighted by Crippen LogP contribution is 2.27. The van der Waals surface area contributed by atoms with Crippen molar-refractivity contribution in [1.29, 1.82) is 0 Å². The van der Waals surface area contributed by atoms with Crippen LogP contribution >= 0.6 is 11.6 Å². The Labute approximate surface area is 154 Å². The van der Waals surface area contributed by atoms with Crippen molar-refractivity contribution in [3.05, 3.63) is 42.2 Å². The minimum atomic E-state index is -0.703. The van der Waals surface area contributed by atoms with Crippen LogP contribution in [0.3, 0.4) is 0 Å². The van der Waals surface area contributed by atoms with E-state index in [0.717, 1.165) is 30.4 Å². The molecular weight excluding hydrogens is 336 g/mol. The Balaban J connectivity index is 2.03. The fourth-order valence-electron chi connectivity index (χ4n) is 2.21. The van der Waals surface area contributed by atoms with Crippen LogP contribution in [0.5, 0.6) is 5.75 Å². The van der Waals surface area contributed by atoms with Gasteiger partial charge in [-0.25, -0.2) is 9.97 Å². The molecule has 5 heteroatoms. The van der Waals surface area contributed by atoms with Gasteiger partial charge in [0.1, 0.15) is 11.1 Å². The van der Waals surface area contributed by atoms with Crippen molar-refractivity contribution in [1.82, 2.24) is 9.97 Å². The number of benzene rings is 1.